The van der Waals surface area contributed by atoms with E-state index in [2.05, 4.69) is 10.6 Å². The Balaban J connectivity index is 1.71. The van der Waals surface area contributed by atoms with E-state index >= 15 is 0 Å². The van der Waals surface area contributed by atoms with Crippen LogP contribution in [0.5, 0.6) is 0 Å². The second kappa shape index (κ2) is 8.93. The van der Waals surface area contributed by atoms with Crippen molar-refractivity contribution < 1.29 is 14.3 Å². The molecule has 0 aliphatic heterocycles. The van der Waals surface area contributed by atoms with Crippen molar-refractivity contribution in [2.75, 3.05) is 11.9 Å². The molecule has 24 heavy (non-hydrogen) atoms. The van der Waals surface area contributed by atoms with Crippen LogP contribution in [0.1, 0.15) is 25.0 Å². The molecule has 2 aromatic rings. The molecule has 0 heterocycles. The number of benzene rings is 2. The van der Waals surface area contributed by atoms with E-state index in [9.17, 15) is 9.59 Å². The summed E-state index contributed by atoms with van der Waals surface area (Å²) >= 11 is 6.07. The van der Waals surface area contributed by atoms with E-state index in [4.69, 9.17) is 16.3 Å². The van der Waals surface area contributed by atoms with E-state index in [1.165, 1.54) is 0 Å². The van der Waals surface area contributed by atoms with Crippen molar-refractivity contribution in [2.24, 2.45) is 0 Å². The van der Waals surface area contributed by atoms with Gasteiger partial charge in [0.25, 0.3) is 0 Å². The monoisotopic (exact) mass is 346 g/mol. The number of hydrogen-bond donors (Lipinski definition) is 2. The summed E-state index contributed by atoms with van der Waals surface area (Å²) in [5.41, 5.74) is 1.44. The van der Waals surface area contributed by atoms with Crippen molar-refractivity contribution in [3.8, 4) is 0 Å². The summed E-state index contributed by atoms with van der Waals surface area (Å²) in [6, 6.07) is 15.9. The van der Waals surface area contributed by atoms with Gasteiger partial charge in [-0.15, -0.1) is 0 Å². The van der Waals surface area contributed by atoms with Gasteiger partial charge >= 0.3 is 12.0 Å². The molecule has 0 aromatic heterocycles. The number of amides is 2. The highest BCUT2D eigenvalue weighted by molar-refractivity contribution is 6.31. The molecule has 1 atom stereocenters. The number of esters is 1. The molecule has 5 nitrogen and oxygen atoms in total. The van der Waals surface area contributed by atoms with Crippen LogP contribution >= 0.6 is 11.6 Å². The lowest BCUT2D eigenvalue weighted by Crippen LogP contribution is -2.31. The standard InChI is InChI=1S/C18H19ClN2O3/c1-13(15-9-5-6-10-16(15)19)24-17(22)11-12-20-18(23)21-14-7-3-2-4-8-14/h2-10,13H,11-12H2,1H3,(H2,20,21,23)/t13-/m1/s1. The SMILES string of the molecule is C[C@@H](OC(=O)CCNC(=O)Nc1ccccc1)c1ccccc1Cl. The minimum absolute atomic E-state index is 0.0804. The highest BCUT2D eigenvalue weighted by Gasteiger charge is 2.14. The second-order valence-electron chi connectivity index (χ2n) is 5.15. The van der Waals surface area contributed by atoms with Crippen LogP contribution in [-0.4, -0.2) is 18.5 Å². The molecule has 2 amide bonds. The van der Waals surface area contributed by atoms with Gasteiger partial charge in [-0.05, 0) is 25.1 Å². The van der Waals surface area contributed by atoms with Crippen molar-refractivity contribution >= 4 is 29.3 Å². The summed E-state index contributed by atoms with van der Waals surface area (Å²) < 4.78 is 5.32. The number of nitrogens with one attached hydrogen (secondary N) is 2. The second-order valence-corrected chi connectivity index (χ2v) is 5.56. The number of halogens is 1. The van der Waals surface area contributed by atoms with Gasteiger partial charge in [-0.1, -0.05) is 48.0 Å². The molecule has 6 heteroatoms. The molecule has 2 rings (SSSR count). The maximum atomic E-state index is 11.8. The van der Waals surface area contributed by atoms with Crippen LogP contribution < -0.4 is 10.6 Å². The summed E-state index contributed by atoms with van der Waals surface area (Å²) in [6.45, 7) is 1.95. The molecule has 0 saturated heterocycles. The van der Waals surface area contributed by atoms with Crippen molar-refractivity contribution in [3.05, 3.63) is 65.2 Å². The van der Waals surface area contributed by atoms with Gasteiger partial charge in [0.1, 0.15) is 6.10 Å². The number of rotatable bonds is 6. The smallest absolute Gasteiger partial charge is 0.319 e. The first-order valence-corrected chi connectivity index (χ1v) is 7.98. The average molecular weight is 347 g/mol. The Morgan fingerprint density at radius 3 is 2.46 bits per heavy atom. The first kappa shape index (κ1) is 17.8. The first-order valence-electron chi connectivity index (χ1n) is 7.60. The molecule has 0 radical (unpaired) electrons. The van der Waals surface area contributed by atoms with Crippen molar-refractivity contribution in [3.63, 3.8) is 0 Å². The molecule has 126 valence electrons. The van der Waals surface area contributed by atoms with Gasteiger partial charge in [-0.25, -0.2) is 4.79 Å². The molecule has 0 unspecified atom stereocenters. The van der Waals surface area contributed by atoms with Crippen molar-refractivity contribution in [1.29, 1.82) is 0 Å². The third-order valence-corrected chi connectivity index (χ3v) is 3.64. The predicted molar refractivity (Wildman–Crippen MR) is 94.0 cm³/mol. The van der Waals surface area contributed by atoms with Crippen LogP contribution in [-0.2, 0) is 9.53 Å². The molecule has 2 aromatic carbocycles. The number of hydrogen-bond acceptors (Lipinski definition) is 3. The van der Waals surface area contributed by atoms with E-state index < -0.39 is 12.1 Å². The molecule has 0 spiro atoms. The Bertz CT molecular complexity index is 692. The van der Waals surface area contributed by atoms with E-state index in [0.29, 0.717) is 10.7 Å². The number of ether oxygens (including phenoxy) is 1. The fraction of sp³-hybridized carbons (Fsp3) is 0.222. The lowest BCUT2D eigenvalue weighted by molar-refractivity contribution is -0.148. The fourth-order valence-electron chi connectivity index (χ4n) is 2.10. The minimum Gasteiger partial charge on any atom is -0.458 e. The van der Waals surface area contributed by atoms with Gasteiger partial charge in [-0.2, -0.15) is 0 Å². The first-order chi connectivity index (χ1) is 11.6. The van der Waals surface area contributed by atoms with Crippen LogP contribution in [0.3, 0.4) is 0 Å². The summed E-state index contributed by atoms with van der Waals surface area (Å²) in [4.78, 5) is 23.5. The zero-order valence-corrected chi connectivity index (χ0v) is 14.0. The van der Waals surface area contributed by atoms with Crippen LogP contribution in [0, 0.1) is 0 Å². The highest BCUT2D eigenvalue weighted by atomic mass is 35.5. The Morgan fingerprint density at radius 1 is 1.08 bits per heavy atom. The molecular weight excluding hydrogens is 328 g/mol. The van der Waals surface area contributed by atoms with Gasteiger partial charge in [0, 0.05) is 22.8 Å². The number of carbonyl (C=O) groups excluding carboxylic acids is 2. The van der Waals surface area contributed by atoms with Crippen LogP contribution in [0.15, 0.2) is 54.6 Å². The lowest BCUT2D eigenvalue weighted by Gasteiger charge is -2.15. The maximum Gasteiger partial charge on any atom is 0.319 e. The van der Waals surface area contributed by atoms with Gasteiger partial charge in [-0.3, -0.25) is 4.79 Å². The third kappa shape index (κ3) is 5.59. The van der Waals surface area contributed by atoms with Gasteiger partial charge in [0.15, 0.2) is 0 Å². The summed E-state index contributed by atoms with van der Waals surface area (Å²) in [6.07, 6.45) is -0.360. The molecule has 0 aliphatic rings. The van der Waals surface area contributed by atoms with Crippen LogP contribution in [0.4, 0.5) is 10.5 Å². The molecule has 2 N–H and O–H groups in total. The normalized spacial score (nSPS) is 11.4. The van der Waals surface area contributed by atoms with Gasteiger partial charge in [0.05, 0.1) is 6.42 Å². The topological polar surface area (TPSA) is 67.4 Å². The summed E-state index contributed by atoms with van der Waals surface area (Å²) in [5, 5.41) is 5.83. The van der Waals surface area contributed by atoms with E-state index in [1.807, 2.05) is 36.4 Å². The summed E-state index contributed by atoms with van der Waals surface area (Å²) in [5.74, 6) is -0.401. The van der Waals surface area contributed by atoms with E-state index in [1.54, 1.807) is 25.1 Å². The van der Waals surface area contributed by atoms with Gasteiger partial charge < -0.3 is 15.4 Å². The number of para-hydroxylation sites is 1. The lowest BCUT2D eigenvalue weighted by atomic mass is 10.1. The quantitative estimate of drug-likeness (QED) is 0.772. The van der Waals surface area contributed by atoms with Crippen LogP contribution in [0.2, 0.25) is 5.02 Å². The van der Waals surface area contributed by atoms with E-state index in [0.717, 1.165) is 5.56 Å². The Hall–Kier alpha value is -2.53. The minimum atomic E-state index is -0.440. The number of anilines is 1. The van der Waals surface area contributed by atoms with E-state index in [-0.39, 0.29) is 19.0 Å². The largest absolute Gasteiger partial charge is 0.458 e. The Labute approximate surface area is 146 Å². The van der Waals surface area contributed by atoms with Crippen molar-refractivity contribution in [1.82, 2.24) is 5.32 Å². The Kier molecular flexibility index (Phi) is 6.63. The zero-order chi connectivity index (χ0) is 17.4. The number of carbonyl (C=O) groups is 2. The van der Waals surface area contributed by atoms with Crippen LogP contribution in [0.25, 0.3) is 0 Å². The molecular formula is C18H19ClN2O3. The third-order valence-electron chi connectivity index (χ3n) is 3.30. The molecule has 0 fully saturated rings. The fourth-order valence-corrected chi connectivity index (χ4v) is 2.39. The molecule has 0 bridgehead atoms. The molecule has 0 saturated carbocycles. The molecule has 0 aliphatic carbocycles. The zero-order valence-electron chi connectivity index (χ0n) is 13.3. The van der Waals surface area contributed by atoms with Crippen molar-refractivity contribution in [2.45, 2.75) is 19.4 Å². The maximum absolute atomic E-state index is 11.8. The van der Waals surface area contributed by atoms with Gasteiger partial charge in [0.2, 0.25) is 0 Å². The number of urea groups is 1. The highest BCUT2D eigenvalue weighted by Crippen LogP contribution is 2.25. The average Bonchev–Trinajstić information content (AvgIpc) is 2.56. The Morgan fingerprint density at radius 2 is 1.75 bits per heavy atom. The predicted octanol–water partition coefficient (Wildman–Crippen LogP) is 4.16. The summed E-state index contributed by atoms with van der Waals surface area (Å²) in [7, 11) is 0.